The molecular formula is C13H15N5S. The van der Waals surface area contributed by atoms with E-state index in [1.807, 2.05) is 19.2 Å². The Morgan fingerprint density at radius 1 is 1.26 bits per heavy atom. The van der Waals surface area contributed by atoms with Crippen LogP contribution in [0.15, 0.2) is 12.3 Å². The molecule has 3 aromatic rings. The van der Waals surface area contributed by atoms with Crippen molar-refractivity contribution in [3.8, 4) is 10.7 Å². The molecule has 0 saturated carbocycles. The Balaban J connectivity index is 2.17. The van der Waals surface area contributed by atoms with Gasteiger partial charge in [-0.3, -0.25) is 0 Å². The van der Waals surface area contributed by atoms with Gasteiger partial charge in [-0.15, -0.1) is 5.10 Å². The van der Waals surface area contributed by atoms with E-state index in [4.69, 9.17) is 0 Å². The lowest BCUT2D eigenvalue weighted by Crippen LogP contribution is -2.13. The molecule has 5 nitrogen and oxygen atoms in total. The van der Waals surface area contributed by atoms with Gasteiger partial charge in [-0.25, -0.2) is 9.97 Å². The van der Waals surface area contributed by atoms with Crippen molar-refractivity contribution >= 4 is 22.7 Å². The van der Waals surface area contributed by atoms with Crippen LogP contribution < -0.4 is 0 Å². The molecule has 19 heavy (non-hydrogen) atoms. The normalized spacial score (nSPS) is 12.2. The first kappa shape index (κ1) is 12.2. The van der Waals surface area contributed by atoms with Crippen LogP contribution in [0, 0.1) is 6.92 Å². The SMILES string of the molecule is Cc1cnc2nc(-c3snnc3C(C)(C)C)[nH]c2c1. The average molecular weight is 273 g/mol. The number of imidazole rings is 1. The minimum Gasteiger partial charge on any atom is -0.336 e. The third-order valence-electron chi connectivity index (χ3n) is 2.89. The molecule has 0 aliphatic carbocycles. The number of aryl methyl sites for hydroxylation is 1. The van der Waals surface area contributed by atoms with E-state index in [2.05, 4.69) is 45.3 Å². The van der Waals surface area contributed by atoms with E-state index in [1.54, 1.807) is 0 Å². The van der Waals surface area contributed by atoms with Crippen molar-refractivity contribution in [2.24, 2.45) is 0 Å². The van der Waals surface area contributed by atoms with Gasteiger partial charge in [0, 0.05) is 11.6 Å². The number of H-pyrrole nitrogens is 1. The number of aromatic amines is 1. The smallest absolute Gasteiger partial charge is 0.178 e. The molecule has 0 bridgehead atoms. The molecule has 3 rings (SSSR count). The van der Waals surface area contributed by atoms with E-state index in [0.717, 1.165) is 33.1 Å². The van der Waals surface area contributed by atoms with Crippen LogP contribution in [0.25, 0.3) is 21.9 Å². The van der Waals surface area contributed by atoms with Gasteiger partial charge in [-0.1, -0.05) is 25.3 Å². The van der Waals surface area contributed by atoms with Gasteiger partial charge in [0.1, 0.15) is 4.88 Å². The zero-order valence-corrected chi connectivity index (χ0v) is 12.2. The highest BCUT2D eigenvalue weighted by Gasteiger charge is 2.25. The Labute approximate surface area is 115 Å². The minimum atomic E-state index is -0.0509. The number of hydrogen-bond acceptors (Lipinski definition) is 5. The van der Waals surface area contributed by atoms with E-state index in [9.17, 15) is 0 Å². The van der Waals surface area contributed by atoms with Gasteiger partial charge in [0.15, 0.2) is 11.5 Å². The maximum Gasteiger partial charge on any atom is 0.178 e. The molecule has 0 unspecified atom stereocenters. The van der Waals surface area contributed by atoms with Crippen LogP contribution in [0.4, 0.5) is 0 Å². The van der Waals surface area contributed by atoms with E-state index in [0.29, 0.717) is 0 Å². The first-order valence-electron chi connectivity index (χ1n) is 6.11. The van der Waals surface area contributed by atoms with Crippen LogP contribution in [0.2, 0.25) is 0 Å². The zero-order chi connectivity index (χ0) is 13.6. The molecular weight excluding hydrogens is 258 g/mol. The third kappa shape index (κ3) is 2.12. The summed E-state index contributed by atoms with van der Waals surface area (Å²) in [6.07, 6.45) is 1.82. The molecule has 0 fully saturated rings. The highest BCUT2D eigenvalue weighted by molar-refractivity contribution is 7.09. The molecule has 0 radical (unpaired) electrons. The Morgan fingerprint density at radius 3 is 2.79 bits per heavy atom. The van der Waals surface area contributed by atoms with Gasteiger partial charge in [0.2, 0.25) is 0 Å². The molecule has 98 valence electrons. The number of nitrogens with zero attached hydrogens (tertiary/aromatic N) is 4. The van der Waals surface area contributed by atoms with E-state index in [-0.39, 0.29) is 5.41 Å². The molecule has 0 amide bonds. The van der Waals surface area contributed by atoms with Gasteiger partial charge >= 0.3 is 0 Å². The predicted molar refractivity (Wildman–Crippen MR) is 76.2 cm³/mol. The Bertz CT molecular complexity index is 735. The van der Waals surface area contributed by atoms with Gasteiger partial charge in [-0.05, 0) is 30.1 Å². The van der Waals surface area contributed by atoms with E-state index in [1.165, 1.54) is 11.5 Å². The van der Waals surface area contributed by atoms with E-state index >= 15 is 0 Å². The number of fused-ring (bicyclic) bond motifs is 1. The number of rotatable bonds is 1. The fraction of sp³-hybridized carbons (Fsp3) is 0.385. The fourth-order valence-corrected chi connectivity index (χ4v) is 2.77. The van der Waals surface area contributed by atoms with Gasteiger partial charge < -0.3 is 4.98 Å². The number of aromatic nitrogens is 5. The lowest BCUT2D eigenvalue weighted by molar-refractivity contribution is 0.568. The Hall–Kier alpha value is -1.82. The maximum absolute atomic E-state index is 4.53. The standard InChI is InChI=1S/C13H15N5S/c1-7-5-8-11(14-6-7)16-12(15-8)9-10(13(2,3)4)17-18-19-9/h5-6H,1-4H3,(H,14,15,16). The summed E-state index contributed by atoms with van der Waals surface area (Å²) in [5, 5.41) is 4.24. The van der Waals surface area contributed by atoms with Crippen LogP contribution in [-0.4, -0.2) is 24.5 Å². The predicted octanol–water partition coefficient (Wildman–Crippen LogP) is 3.08. The molecule has 6 heteroatoms. The van der Waals surface area contributed by atoms with Crippen molar-refractivity contribution < 1.29 is 0 Å². The fourth-order valence-electron chi connectivity index (χ4n) is 1.95. The van der Waals surface area contributed by atoms with Crippen LogP contribution in [0.1, 0.15) is 32.0 Å². The minimum absolute atomic E-state index is 0.0509. The highest BCUT2D eigenvalue weighted by atomic mass is 32.1. The Kier molecular flexibility index (Phi) is 2.63. The van der Waals surface area contributed by atoms with Gasteiger partial charge in [0.25, 0.3) is 0 Å². The van der Waals surface area contributed by atoms with Gasteiger partial charge in [-0.2, -0.15) is 0 Å². The van der Waals surface area contributed by atoms with Crippen molar-refractivity contribution in [1.29, 1.82) is 0 Å². The topological polar surface area (TPSA) is 67.3 Å². The van der Waals surface area contributed by atoms with Crippen molar-refractivity contribution in [1.82, 2.24) is 24.5 Å². The summed E-state index contributed by atoms with van der Waals surface area (Å²) < 4.78 is 4.06. The summed E-state index contributed by atoms with van der Waals surface area (Å²) in [5.74, 6) is 0.799. The molecule has 0 aliphatic heterocycles. The Morgan fingerprint density at radius 2 is 2.05 bits per heavy atom. The van der Waals surface area contributed by atoms with Crippen LogP contribution >= 0.6 is 11.5 Å². The number of hydrogen-bond donors (Lipinski definition) is 1. The molecule has 0 spiro atoms. The van der Waals surface area contributed by atoms with Crippen LogP contribution in [0.3, 0.4) is 0 Å². The van der Waals surface area contributed by atoms with Crippen molar-refractivity contribution in [3.63, 3.8) is 0 Å². The summed E-state index contributed by atoms with van der Waals surface area (Å²) in [6.45, 7) is 8.39. The van der Waals surface area contributed by atoms with Crippen LogP contribution in [-0.2, 0) is 5.41 Å². The molecule has 0 aliphatic rings. The summed E-state index contributed by atoms with van der Waals surface area (Å²) in [4.78, 5) is 13.2. The summed E-state index contributed by atoms with van der Waals surface area (Å²) in [7, 11) is 0. The average Bonchev–Trinajstić information content (AvgIpc) is 2.92. The number of pyridine rings is 1. The van der Waals surface area contributed by atoms with Crippen molar-refractivity contribution in [3.05, 3.63) is 23.5 Å². The molecule has 0 atom stereocenters. The molecule has 0 aromatic carbocycles. The third-order valence-corrected chi connectivity index (χ3v) is 3.62. The van der Waals surface area contributed by atoms with Crippen molar-refractivity contribution in [2.45, 2.75) is 33.1 Å². The quantitative estimate of drug-likeness (QED) is 0.740. The largest absolute Gasteiger partial charge is 0.336 e. The van der Waals surface area contributed by atoms with E-state index < -0.39 is 0 Å². The monoisotopic (exact) mass is 273 g/mol. The second kappa shape index (κ2) is 4.09. The first-order chi connectivity index (χ1) is 8.95. The molecule has 1 N–H and O–H groups in total. The lowest BCUT2D eigenvalue weighted by Gasteiger charge is -2.15. The first-order valence-corrected chi connectivity index (χ1v) is 6.88. The zero-order valence-electron chi connectivity index (χ0n) is 11.4. The summed E-state index contributed by atoms with van der Waals surface area (Å²) >= 11 is 1.37. The maximum atomic E-state index is 4.53. The summed E-state index contributed by atoms with van der Waals surface area (Å²) in [6, 6.07) is 2.05. The number of nitrogens with one attached hydrogen (secondary N) is 1. The molecule has 3 heterocycles. The highest BCUT2D eigenvalue weighted by Crippen LogP contribution is 2.33. The lowest BCUT2D eigenvalue weighted by atomic mass is 9.91. The van der Waals surface area contributed by atoms with Crippen LogP contribution in [0.5, 0.6) is 0 Å². The van der Waals surface area contributed by atoms with Gasteiger partial charge in [0.05, 0.1) is 11.2 Å². The molecule has 0 saturated heterocycles. The second-order valence-corrected chi connectivity index (χ2v) is 6.42. The molecule has 3 aromatic heterocycles. The second-order valence-electron chi connectivity index (χ2n) is 5.67. The summed E-state index contributed by atoms with van der Waals surface area (Å²) in [5.41, 5.74) is 3.71. The van der Waals surface area contributed by atoms with Crippen molar-refractivity contribution in [2.75, 3.05) is 0 Å².